The number of fused-ring (bicyclic) bond motifs is 3. The quantitative estimate of drug-likeness (QED) is 0.489. The Labute approximate surface area is 172 Å². The zero-order valence-corrected chi connectivity index (χ0v) is 16.0. The van der Waals surface area contributed by atoms with Gasteiger partial charge in [-0.3, -0.25) is 19.0 Å². The van der Waals surface area contributed by atoms with Gasteiger partial charge in [0.05, 0.1) is 12.0 Å². The van der Waals surface area contributed by atoms with Gasteiger partial charge in [0.2, 0.25) is 5.58 Å². The molecule has 0 unspecified atom stereocenters. The topological polar surface area (TPSA) is 103 Å². The van der Waals surface area contributed by atoms with Crippen LogP contribution in [0, 0.1) is 5.82 Å². The van der Waals surface area contributed by atoms with Crippen LogP contribution in [0.2, 0.25) is 5.02 Å². The Bertz CT molecular complexity index is 1350. The van der Waals surface area contributed by atoms with Gasteiger partial charge in [0.25, 0.3) is 11.5 Å². The molecule has 4 aromatic rings. The molecule has 0 atom stereocenters. The Morgan fingerprint density at radius 3 is 2.87 bits per heavy atom. The van der Waals surface area contributed by atoms with Crippen LogP contribution in [0.1, 0.15) is 0 Å². The lowest BCUT2D eigenvalue weighted by atomic mass is 10.2. The van der Waals surface area contributed by atoms with Crippen molar-refractivity contribution in [1.29, 1.82) is 0 Å². The Morgan fingerprint density at radius 1 is 1.23 bits per heavy atom. The minimum absolute atomic E-state index is 0.0145. The first kappa shape index (κ1) is 19.6. The molecule has 0 aliphatic rings. The number of esters is 1. The number of carbonyl (C=O) groups is 2. The fraction of sp³-hybridized carbons (Fsp3) is 0.100. The third-order valence-electron chi connectivity index (χ3n) is 4.22. The van der Waals surface area contributed by atoms with E-state index in [-0.39, 0.29) is 16.3 Å². The number of anilines is 1. The van der Waals surface area contributed by atoms with Crippen molar-refractivity contribution in [3.05, 3.63) is 70.0 Å². The van der Waals surface area contributed by atoms with Gasteiger partial charge in [0.15, 0.2) is 6.61 Å². The number of furan rings is 1. The van der Waals surface area contributed by atoms with Crippen LogP contribution in [-0.2, 0) is 20.9 Å². The molecule has 2 aromatic carbocycles. The van der Waals surface area contributed by atoms with Crippen LogP contribution >= 0.6 is 11.6 Å². The Morgan fingerprint density at radius 2 is 2.03 bits per heavy atom. The molecule has 0 saturated carbocycles. The molecule has 0 aliphatic carbocycles. The first-order valence-electron chi connectivity index (χ1n) is 8.69. The second-order valence-corrected chi connectivity index (χ2v) is 6.72. The number of hydrogen-bond acceptors (Lipinski definition) is 6. The van der Waals surface area contributed by atoms with Crippen molar-refractivity contribution in [1.82, 2.24) is 9.55 Å². The van der Waals surface area contributed by atoms with Crippen LogP contribution in [0.15, 0.2) is 58.0 Å². The molecule has 8 nitrogen and oxygen atoms in total. The number of nitrogens with one attached hydrogen (secondary N) is 1. The number of carbonyl (C=O) groups excluding carboxylic acids is 2. The molecule has 1 N–H and O–H groups in total. The number of halogens is 2. The van der Waals surface area contributed by atoms with Crippen molar-refractivity contribution in [2.24, 2.45) is 0 Å². The van der Waals surface area contributed by atoms with Crippen molar-refractivity contribution >= 4 is 51.2 Å². The van der Waals surface area contributed by atoms with Gasteiger partial charge in [-0.15, -0.1) is 0 Å². The molecule has 0 saturated heterocycles. The highest BCUT2D eigenvalue weighted by Gasteiger charge is 2.16. The van der Waals surface area contributed by atoms with Gasteiger partial charge in [-0.05, 0) is 30.3 Å². The van der Waals surface area contributed by atoms with Crippen molar-refractivity contribution < 1.29 is 23.1 Å². The van der Waals surface area contributed by atoms with Crippen molar-refractivity contribution in [3.63, 3.8) is 0 Å². The second-order valence-electron chi connectivity index (χ2n) is 6.29. The van der Waals surface area contributed by atoms with E-state index in [1.807, 2.05) is 0 Å². The van der Waals surface area contributed by atoms with Gasteiger partial charge in [-0.2, -0.15) is 0 Å². The highest BCUT2D eigenvalue weighted by molar-refractivity contribution is 6.30. The van der Waals surface area contributed by atoms with Gasteiger partial charge in [-0.25, -0.2) is 9.37 Å². The first-order valence-corrected chi connectivity index (χ1v) is 9.07. The first-order chi connectivity index (χ1) is 14.4. The van der Waals surface area contributed by atoms with Crippen molar-refractivity contribution in [2.75, 3.05) is 11.9 Å². The summed E-state index contributed by atoms with van der Waals surface area (Å²) >= 11 is 5.75. The summed E-state index contributed by atoms with van der Waals surface area (Å²) in [5, 5.41) is 3.17. The third kappa shape index (κ3) is 3.87. The van der Waals surface area contributed by atoms with Gasteiger partial charge in [0.1, 0.15) is 23.5 Å². The van der Waals surface area contributed by atoms with E-state index in [1.165, 1.54) is 18.5 Å². The lowest BCUT2D eigenvalue weighted by Crippen LogP contribution is -2.28. The zero-order valence-electron chi connectivity index (χ0n) is 15.2. The number of rotatable bonds is 5. The maximum absolute atomic E-state index is 13.6. The van der Waals surface area contributed by atoms with Crippen LogP contribution in [0.3, 0.4) is 0 Å². The lowest BCUT2D eigenvalue weighted by molar-refractivity contribution is -0.147. The SMILES string of the molecule is O=C(COC(=O)Cn1cnc2c(oc3ccccc32)c1=O)Nc1cc(Cl)ccc1F. The molecule has 152 valence electrons. The van der Waals surface area contributed by atoms with Crippen molar-refractivity contribution in [2.45, 2.75) is 6.54 Å². The highest BCUT2D eigenvalue weighted by atomic mass is 35.5. The number of nitrogens with zero attached hydrogens (tertiary/aromatic N) is 2. The van der Waals surface area contributed by atoms with E-state index >= 15 is 0 Å². The molecule has 0 spiro atoms. The number of ether oxygens (including phenoxy) is 1. The molecule has 30 heavy (non-hydrogen) atoms. The van der Waals surface area contributed by atoms with Gasteiger partial charge in [-0.1, -0.05) is 23.7 Å². The van der Waals surface area contributed by atoms with E-state index in [0.717, 1.165) is 10.6 Å². The molecule has 4 rings (SSSR count). The Kier molecular flexibility index (Phi) is 5.20. The van der Waals surface area contributed by atoms with Crippen LogP contribution < -0.4 is 10.9 Å². The molecule has 0 radical (unpaired) electrons. The molecule has 2 heterocycles. The van der Waals surface area contributed by atoms with Gasteiger partial charge in [0, 0.05) is 10.4 Å². The summed E-state index contributed by atoms with van der Waals surface area (Å²) in [7, 11) is 0. The number of benzene rings is 2. The van der Waals surface area contributed by atoms with Crippen LogP contribution in [0.4, 0.5) is 10.1 Å². The third-order valence-corrected chi connectivity index (χ3v) is 4.45. The molecule has 10 heteroatoms. The van der Waals surface area contributed by atoms with Crippen LogP contribution in [0.25, 0.3) is 22.1 Å². The fourth-order valence-electron chi connectivity index (χ4n) is 2.84. The van der Waals surface area contributed by atoms with E-state index in [1.54, 1.807) is 24.3 Å². The summed E-state index contributed by atoms with van der Waals surface area (Å²) in [6.07, 6.45) is 1.20. The zero-order chi connectivity index (χ0) is 21.3. The maximum Gasteiger partial charge on any atom is 0.326 e. The molecular weight excluding hydrogens is 417 g/mol. The molecule has 2 aromatic heterocycles. The largest absolute Gasteiger partial charge is 0.454 e. The number of aromatic nitrogens is 2. The minimum atomic E-state index is -0.851. The Hall–Kier alpha value is -3.72. The highest BCUT2D eigenvalue weighted by Crippen LogP contribution is 2.24. The Balaban J connectivity index is 1.42. The molecule has 1 amide bonds. The normalized spacial score (nSPS) is 11.0. The summed E-state index contributed by atoms with van der Waals surface area (Å²) in [4.78, 5) is 40.7. The number of amides is 1. The van der Waals surface area contributed by atoms with E-state index in [2.05, 4.69) is 10.3 Å². The van der Waals surface area contributed by atoms with E-state index in [0.29, 0.717) is 16.5 Å². The number of hydrogen-bond donors (Lipinski definition) is 1. The molecule has 0 bridgehead atoms. The van der Waals surface area contributed by atoms with Gasteiger partial charge >= 0.3 is 5.97 Å². The average Bonchev–Trinajstić information content (AvgIpc) is 3.11. The maximum atomic E-state index is 13.6. The lowest BCUT2D eigenvalue weighted by Gasteiger charge is -2.08. The smallest absolute Gasteiger partial charge is 0.326 e. The standard InChI is InChI=1S/C20H13ClFN3O5/c21-11-5-6-13(22)14(7-11)24-16(26)9-29-17(27)8-25-10-23-18-12-3-1-2-4-15(12)30-19(18)20(25)28/h1-7,10H,8-9H2,(H,24,26). The predicted octanol–water partition coefficient (Wildman–Crippen LogP) is 3.12. The van der Waals surface area contributed by atoms with E-state index < -0.39 is 36.4 Å². The summed E-state index contributed by atoms with van der Waals surface area (Å²) in [5.41, 5.74) is 0.212. The molecular formula is C20H13ClFN3O5. The number of para-hydroxylation sites is 1. The average molecular weight is 430 g/mol. The van der Waals surface area contributed by atoms with E-state index in [4.69, 9.17) is 20.8 Å². The second kappa shape index (κ2) is 7.96. The summed E-state index contributed by atoms with van der Waals surface area (Å²) in [6, 6.07) is 10.7. The van der Waals surface area contributed by atoms with Crippen LogP contribution in [0.5, 0.6) is 0 Å². The van der Waals surface area contributed by atoms with Gasteiger partial charge < -0.3 is 14.5 Å². The molecule has 0 aliphatic heterocycles. The monoisotopic (exact) mass is 429 g/mol. The van der Waals surface area contributed by atoms with Crippen molar-refractivity contribution in [3.8, 4) is 0 Å². The van der Waals surface area contributed by atoms with Crippen LogP contribution in [-0.4, -0.2) is 28.0 Å². The predicted molar refractivity (Wildman–Crippen MR) is 107 cm³/mol. The van der Waals surface area contributed by atoms with E-state index in [9.17, 15) is 18.8 Å². The molecule has 0 fully saturated rings. The summed E-state index contributed by atoms with van der Waals surface area (Å²) in [5.74, 6) is -2.30. The summed E-state index contributed by atoms with van der Waals surface area (Å²) in [6.45, 7) is -1.14. The minimum Gasteiger partial charge on any atom is -0.454 e. The fourth-order valence-corrected chi connectivity index (χ4v) is 3.01. The summed E-state index contributed by atoms with van der Waals surface area (Å²) < 4.78 is 25.0.